The highest BCUT2D eigenvalue weighted by atomic mass is 79.9. The van der Waals surface area contributed by atoms with Crippen LogP contribution in [-0.4, -0.2) is 0 Å². The summed E-state index contributed by atoms with van der Waals surface area (Å²) in [7, 11) is 0. The molecule has 0 atom stereocenters. The molecule has 3 heteroatoms. The van der Waals surface area contributed by atoms with E-state index in [1.54, 1.807) is 0 Å². The first kappa shape index (κ1) is 11.9. The van der Waals surface area contributed by atoms with Crippen LogP contribution in [0.2, 0.25) is 0 Å². The molecule has 0 bridgehead atoms. The summed E-state index contributed by atoms with van der Waals surface area (Å²) in [6.45, 7) is 0. The van der Waals surface area contributed by atoms with E-state index in [0.29, 0.717) is 0 Å². The monoisotopic (exact) mass is 414 g/mol. The van der Waals surface area contributed by atoms with Gasteiger partial charge in [-0.2, -0.15) is 0 Å². The number of hydrogen-bond acceptors (Lipinski definition) is 0. The minimum atomic E-state index is 1.10. The van der Waals surface area contributed by atoms with Crippen LogP contribution in [0.5, 0.6) is 0 Å². The fraction of sp³-hybridized carbons (Fsp3) is 0.143. The standard InChI is InChI=1S/C14H9Br3/c15-9-2-4-10-8(7-9)1-3-12-11(10)5-6-13(16)14(12)17/h2,4-7H,1,3H2. The molecule has 2 aromatic rings. The van der Waals surface area contributed by atoms with E-state index < -0.39 is 0 Å². The number of aryl methyl sites for hydroxylation is 1. The maximum atomic E-state index is 3.68. The molecule has 0 aromatic heterocycles. The van der Waals surface area contributed by atoms with E-state index >= 15 is 0 Å². The second-order valence-corrected chi connectivity index (χ2v) is 6.75. The minimum absolute atomic E-state index is 1.10. The van der Waals surface area contributed by atoms with E-state index in [2.05, 4.69) is 78.1 Å². The second-order valence-electron chi connectivity index (χ2n) is 4.19. The Labute approximate surface area is 126 Å². The third-order valence-electron chi connectivity index (χ3n) is 3.20. The average molecular weight is 417 g/mol. The fourth-order valence-corrected chi connectivity index (χ4v) is 3.70. The van der Waals surface area contributed by atoms with Crippen LogP contribution < -0.4 is 0 Å². The Morgan fingerprint density at radius 3 is 2.41 bits per heavy atom. The Kier molecular flexibility index (Phi) is 3.18. The highest BCUT2D eigenvalue weighted by Crippen LogP contribution is 2.40. The van der Waals surface area contributed by atoms with Gasteiger partial charge >= 0.3 is 0 Å². The van der Waals surface area contributed by atoms with Crippen LogP contribution in [0, 0.1) is 0 Å². The van der Waals surface area contributed by atoms with Gasteiger partial charge in [-0.15, -0.1) is 0 Å². The molecule has 1 aliphatic rings. The van der Waals surface area contributed by atoms with Crippen molar-refractivity contribution in [3.8, 4) is 11.1 Å². The maximum absolute atomic E-state index is 3.68. The van der Waals surface area contributed by atoms with Crippen molar-refractivity contribution in [2.45, 2.75) is 12.8 Å². The highest BCUT2D eigenvalue weighted by Gasteiger charge is 2.19. The first-order valence-electron chi connectivity index (χ1n) is 5.42. The van der Waals surface area contributed by atoms with Crippen LogP contribution in [0.25, 0.3) is 11.1 Å². The molecule has 0 nitrogen and oxygen atoms in total. The lowest BCUT2D eigenvalue weighted by Gasteiger charge is -2.21. The van der Waals surface area contributed by atoms with Crippen LogP contribution in [0.4, 0.5) is 0 Å². The van der Waals surface area contributed by atoms with E-state index in [1.165, 1.54) is 26.7 Å². The van der Waals surface area contributed by atoms with Gasteiger partial charge in [-0.25, -0.2) is 0 Å². The number of hydrogen-bond donors (Lipinski definition) is 0. The van der Waals surface area contributed by atoms with Crippen molar-refractivity contribution in [3.63, 3.8) is 0 Å². The van der Waals surface area contributed by atoms with Crippen LogP contribution >= 0.6 is 47.8 Å². The summed E-state index contributed by atoms with van der Waals surface area (Å²) in [6.07, 6.45) is 2.20. The highest BCUT2D eigenvalue weighted by molar-refractivity contribution is 9.13. The van der Waals surface area contributed by atoms with Gasteiger partial charge in [0.15, 0.2) is 0 Å². The van der Waals surface area contributed by atoms with Crippen molar-refractivity contribution in [2.24, 2.45) is 0 Å². The van der Waals surface area contributed by atoms with Crippen molar-refractivity contribution in [3.05, 3.63) is 54.9 Å². The molecule has 86 valence electrons. The number of rotatable bonds is 0. The van der Waals surface area contributed by atoms with Gasteiger partial charge in [0.2, 0.25) is 0 Å². The molecule has 0 saturated carbocycles. The van der Waals surface area contributed by atoms with Crippen LogP contribution in [-0.2, 0) is 12.8 Å². The molecule has 17 heavy (non-hydrogen) atoms. The van der Waals surface area contributed by atoms with E-state index in [-0.39, 0.29) is 0 Å². The summed E-state index contributed by atoms with van der Waals surface area (Å²) in [6, 6.07) is 10.9. The molecule has 0 saturated heterocycles. The molecule has 0 amide bonds. The second kappa shape index (κ2) is 4.52. The molecule has 0 aliphatic heterocycles. The lowest BCUT2D eigenvalue weighted by atomic mass is 9.86. The third kappa shape index (κ3) is 2.02. The Balaban J connectivity index is 2.27. The zero-order valence-corrected chi connectivity index (χ0v) is 13.7. The van der Waals surface area contributed by atoms with E-state index in [9.17, 15) is 0 Å². The minimum Gasteiger partial charge on any atom is -0.0530 e. The third-order valence-corrected chi connectivity index (χ3v) is 5.79. The SMILES string of the molecule is Brc1ccc2c(c1)CCc1c-2ccc(Br)c1Br. The Hall–Kier alpha value is -0.120. The fourth-order valence-electron chi connectivity index (χ4n) is 2.38. The van der Waals surface area contributed by atoms with Crippen LogP contribution in [0.15, 0.2) is 43.7 Å². The molecule has 3 rings (SSSR count). The zero-order chi connectivity index (χ0) is 12.0. The van der Waals surface area contributed by atoms with E-state index in [0.717, 1.165) is 21.8 Å². The van der Waals surface area contributed by atoms with E-state index in [1.807, 2.05) is 0 Å². The molecule has 0 spiro atoms. The molecule has 0 heterocycles. The largest absolute Gasteiger partial charge is 0.0530 e. The predicted molar refractivity (Wildman–Crippen MR) is 82.4 cm³/mol. The van der Waals surface area contributed by atoms with Crippen LogP contribution in [0.1, 0.15) is 11.1 Å². The van der Waals surface area contributed by atoms with Gasteiger partial charge in [-0.05, 0) is 85.2 Å². The van der Waals surface area contributed by atoms with Crippen molar-refractivity contribution < 1.29 is 0 Å². The first-order valence-corrected chi connectivity index (χ1v) is 7.80. The van der Waals surface area contributed by atoms with Crippen molar-refractivity contribution in [1.29, 1.82) is 0 Å². The normalized spacial score (nSPS) is 13.1. The molecule has 0 radical (unpaired) electrons. The number of halogens is 3. The number of fused-ring (bicyclic) bond motifs is 3. The van der Waals surface area contributed by atoms with Crippen LogP contribution in [0.3, 0.4) is 0 Å². The first-order chi connectivity index (χ1) is 8.16. The summed E-state index contributed by atoms with van der Waals surface area (Å²) in [5.41, 5.74) is 5.56. The lowest BCUT2D eigenvalue weighted by Crippen LogP contribution is -2.04. The zero-order valence-electron chi connectivity index (χ0n) is 8.93. The molecular weight excluding hydrogens is 408 g/mol. The van der Waals surface area contributed by atoms with Gasteiger partial charge in [0.05, 0.1) is 0 Å². The Morgan fingerprint density at radius 1 is 0.824 bits per heavy atom. The Morgan fingerprint density at radius 2 is 1.59 bits per heavy atom. The lowest BCUT2D eigenvalue weighted by molar-refractivity contribution is 0.933. The quantitative estimate of drug-likeness (QED) is 0.513. The summed E-state index contributed by atoms with van der Waals surface area (Å²) < 4.78 is 3.50. The summed E-state index contributed by atoms with van der Waals surface area (Å²) in [5.74, 6) is 0. The average Bonchev–Trinajstić information content (AvgIpc) is 2.33. The van der Waals surface area contributed by atoms with Crippen molar-refractivity contribution >= 4 is 47.8 Å². The van der Waals surface area contributed by atoms with Gasteiger partial charge in [0, 0.05) is 13.4 Å². The summed E-state index contributed by atoms with van der Waals surface area (Å²) in [5, 5.41) is 0. The molecule has 0 unspecified atom stereocenters. The van der Waals surface area contributed by atoms with Crippen molar-refractivity contribution in [1.82, 2.24) is 0 Å². The Bertz CT molecular complexity index is 603. The van der Waals surface area contributed by atoms with E-state index in [4.69, 9.17) is 0 Å². The van der Waals surface area contributed by atoms with Gasteiger partial charge in [-0.1, -0.05) is 28.1 Å². The molecule has 1 aliphatic carbocycles. The smallest absolute Gasteiger partial charge is 0.0355 e. The predicted octanol–water partition coefficient (Wildman–Crippen LogP) is 5.74. The van der Waals surface area contributed by atoms with Gasteiger partial charge < -0.3 is 0 Å². The molecular formula is C14H9Br3. The molecule has 0 N–H and O–H groups in total. The summed E-state index contributed by atoms with van der Waals surface area (Å²) >= 11 is 10.8. The molecule has 2 aromatic carbocycles. The van der Waals surface area contributed by atoms with Crippen molar-refractivity contribution in [2.75, 3.05) is 0 Å². The van der Waals surface area contributed by atoms with Gasteiger partial charge in [0.1, 0.15) is 0 Å². The topological polar surface area (TPSA) is 0 Å². The summed E-state index contributed by atoms with van der Waals surface area (Å²) in [4.78, 5) is 0. The van der Waals surface area contributed by atoms with Gasteiger partial charge in [-0.3, -0.25) is 0 Å². The number of benzene rings is 2. The van der Waals surface area contributed by atoms with Gasteiger partial charge in [0.25, 0.3) is 0 Å². The maximum Gasteiger partial charge on any atom is 0.0355 e. The molecule has 0 fully saturated rings.